The van der Waals surface area contributed by atoms with Crippen LogP contribution in [0.25, 0.3) is 0 Å². The van der Waals surface area contributed by atoms with Crippen LogP contribution >= 0.6 is 0 Å². The molecule has 2 rings (SSSR count). The van der Waals surface area contributed by atoms with E-state index in [-0.39, 0.29) is 12.6 Å². The standard InChI is InChI=1S/C15H24N2O/c1-3-14-10-7-11-17(14)16(2)15(12-18)13-8-5-4-6-9-13/h4-6,8-9,14-15,18H,3,7,10-12H2,1-2H3/t14-,15+/m1/s1. The van der Waals surface area contributed by atoms with Gasteiger partial charge >= 0.3 is 0 Å². The Bertz CT molecular complexity index is 355. The highest BCUT2D eigenvalue weighted by Crippen LogP contribution is 2.27. The van der Waals surface area contributed by atoms with Crippen molar-refractivity contribution in [3.63, 3.8) is 0 Å². The lowest BCUT2D eigenvalue weighted by atomic mass is 10.1. The van der Waals surface area contributed by atoms with Crippen LogP contribution in [0.1, 0.15) is 37.8 Å². The Morgan fingerprint density at radius 3 is 2.72 bits per heavy atom. The molecule has 3 nitrogen and oxygen atoms in total. The normalized spacial score (nSPS) is 22.6. The molecule has 0 spiro atoms. The molecule has 18 heavy (non-hydrogen) atoms. The average Bonchev–Trinajstić information content (AvgIpc) is 2.89. The largest absolute Gasteiger partial charge is 0.394 e. The predicted octanol–water partition coefficient (Wildman–Crippen LogP) is 2.44. The highest BCUT2D eigenvalue weighted by Gasteiger charge is 2.30. The minimum atomic E-state index is 0.0679. The van der Waals surface area contributed by atoms with Crippen LogP contribution in [0.3, 0.4) is 0 Å². The SMILES string of the molecule is CC[C@@H]1CCCN1N(C)[C@@H](CO)c1ccccc1. The summed E-state index contributed by atoms with van der Waals surface area (Å²) in [7, 11) is 2.10. The highest BCUT2D eigenvalue weighted by atomic mass is 16.3. The second-order valence-electron chi connectivity index (χ2n) is 5.05. The fourth-order valence-corrected chi connectivity index (χ4v) is 2.94. The predicted molar refractivity (Wildman–Crippen MR) is 74.1 cm³/mol. The summed E-state index contributed by atoms with van der Waals surface area (Å²) in [6, 6.07) is 11.0. The lowest BCUT2D eigenvalue weighted by Gasteiger charge is -2.38. The fraction of sp³-hybridized carbons (Fsp3) is 0.600. The topological polar surface area (TPSA) is 26.7 Å². The van der Waals surface area contributed by atoms with Gasteiger partial charge < -0.3 is 5.11 Å². The lowest BCUT2D eigenvalue weighted by Crippen LogP contribution is -2.45. The van der Waals surface area contributed by atoms with E-state index in [1.165, 1.54) is 24.8 Å². The van der Waals surface area contributed by atoms with Gasteiger partial charge in [-0.1, -0.05) is 37.3 Å². The molecular formula is C15H24N2O. The van der Waals surface area contributed by atoms with Crippen LogP contribution in [0.4, 0.5) is 0 Å². The first-order valence-corrected chi connectivity index (χ1v) is 6.93. The first-order chi connectivity index (χ1) is 8.77. The Balaban J connectivity index is 2.12. The number of hydrazine groups is 1. The van der Waals surface area contributed by atoms with Crippen molar-refractivity contribution in [2.75, 3.05) is 20.2 Å². The molecule has 0 amide bonds. The molecule has 1 aromatic rings. The minimum Gasteiger partial charge on any atom is -0.394 e. The Hall–Kier alpha value is -0.900. The molecule has 0 aliphatic carbocycles. The van der Waals surface area contributed by atoms with Gasteiger partial charge in [0, 0.05) is 19.6 Å². The van der Waals surface area contributed by atoms with Crippen molar-refractivity contribution in [2.24, 2.45) is 0 Å². The zero-order valence-corrected chi connectivity index (χ0v) is 11.4. The van der Waals surface area contributed by atoms with E-state index < -0.39 is 0 Å². The third-order valence-electron chi connectivity index (χ3n) is 4.03. The molecule has 2 atom stereocenters. The van der Waals surface area contributed by atoms with Gasteiger partial charge in [0.25, 0.3) is 0 Å². The summed E-state index contributed by atoms with van der Waals surface area (Å²) in [5, 5.41) is 14.4. The van der Waals surface area contributed by atoms with E-state index in [2.05, 4.69) is 36.1 Å². The monoisotopic (exact) mass is 248 g/mol. The van der Waals surface area contributed by atoms with Crippen LogP contribution in [0.2, 0.25) is 0 Å². The van der Waals surface area contributed by atoms with Crippen LogP contribution in [-0.4, -0.2) is 41.4 Å². The zero-order valence-electron chi connectivity index (χ0n) is 11.4. The molecule has 1 heterocycles. The maximum Gasteiger partial charge on any atom is 0.0723 e. The molecule has 3 heteroatoms. The minimum absolute atomic E-state index is 0.0679. The first kappa shape index (κ1) is 13.5. The van der Waals surface area contributed by atoms with Crippen molar-refractivity contribution in [2.45, 2.75) is 38.3 Å². The van der Waals surface area contributed by atoms with Crippen LogP contribution in [-0.2, 0) is 0 Å². The molecule has 1 aliphatic rings. The molecule has 0 aromatic heterocycles. The zero-order chi connectivity index (χ0) is 13.0. The number of aliphatic hydroxyl groups is 1. The molecule has 1 saturated heterocycles. The van der Waals surface area contributed by atoms with Crippen LogP contribution in [0.5, 0.6) is 0 Å². The molecule has 0 radical (unpaired) electrons. The number of likely N-dealkylation sites (N-methyl/N-ethyl adjacent to an activating group) is 1. The van der Waals surface area contributed by atoms with E-state index in [4.69, 9.17) is 0 Å². The number of hydrogen-bond donors (Lipinski definition) is 1. The van der Waals surface area contributed by atoms with Gasteiger partial charge in [-0.2, -0.15) is 0 Å². The van der Waals surface area contributed by atoms with Gasteiger partial charge in [0.05, 0.1) is 12.6 Å². The van der Waals surface area contributed by atoms with Crippen molar-refractivity contribution in [1.29, 1.82) is 0 Å². The summed E-state index contributed by atoms with van der Waals surface area (Å²) in [6.07, 6.45) is 3.71. The van der Waals surface area contributed by atoms with Gasteiger partial charge in [0.15, 0.2) is 0 Å². The lowest BCUT2D eigenvalue weighted by molar-refractivity contribution is -0.0652. The van der Waals surface area contributed by atoms with Gasteiger partial charge in [-0.25, -0.2) is 10.0 Å². The average molecular weight is 248 g/mol. The highest BCUT2D eigenvalue weighted by molar-refractivity contribution is 5.18. The van der Waals surface area contributed by atoms with Gasteiger partial charge in [0.2, 0.25) is 0 Å². The molecule has 0 unspecified atom stereocenters. The van der Waals surface area contributed by atoms with E-state index in [0.29, 0.717) is 6.04 Å². The van der Waals surface area contributed by atoms with Crippen LogP contribution < -0.4 is 0 Å². The van der Waals surface area contributed by atoms with E-state index in [1.54, 1.807) is 0 Å². The van der Waals surface area contributed by atoms with Crippen molar-refractivity contribution in [3.05, 3.63) is 35.9 Å². The number of hydrogen-bond acceptors (Lipinski definition) is 3. The summed E-state index contributed by atoms with van der Waals surface area (Å²) in [6.45, 7) is 3.51. The fourth-order valence-electron chi connectivity index (χ4n) is 2.94. The van der Waals surface area contributed by atoms with Crippen molar-refractivity contribution in [1.82, 2.24) is 10.0 Å². The van der Waals surface area contributed by atoms with E-state index >= 15 is 0 Å². The number of nitrogens with zero attached hydrogens (tertiary/aromatic N) is 2. The maximum absolute atomic E-state index is 9.70. The summed E-state index contributed by atoms with van der Waals surface area (Å²) < 4.78 is 0. The van der Waals surface area contributed by atoms with Gasteiger partial charge in [-0.3, -0.25) is 0 Å². The molecule has 1 aliphatic heterocycles. The molecular weight excluding hydrogens is 224 g/mol. The van der Waals surface area contributed by atoms with E-state index in [1.807, 2.05) is 18.2 Å². The van der Waals surface area contributed by atoms with E-state index in [9.17, 15) is 5.11 Å². The van der Waals surface area contributed by atoms with Crippen molar-refractivity contribution in [3.8, 4) is 0 Å². The second kappa shape index (κ2) is 6.32. The third kappa shape index (κ3) is 2.74. The molecule has 0 bridgehead atoms. The first-order valence-electron chi connectivity index (χ1n) is 6.93. The third-order valence-corrected chi connectivity index (χ3v) is 4.03. The van der Waals surface area contributed by atoms with Crippen molar-refractivity contribution >= 4 is 0 Å². The van der Waals surface area contributed by atoms with Crippen LogP contribution in [0, 0.1) is 0 Å². The maximum atomic E-state index is 9.70. The number of rotatable bonds is 5. The summed E-state index contributed by atoms with van der Waals surface area (Å²) in [4.78, 5) is 0. The van der Waals surface area contributed by atoms with Gasteiger partial charge in [0.1, 0.15) is 0 Å². The Kier molecular flexibility index (Phi) is 4.75. The molecule has 0 saturated carbocycles. The Labute approximate surface area is 110 Å². The van der Waals surface area contributed by atoms with Gasteiger partial charge in [-0.05, 0) is 24.8 Å². The quantitative estimate of drug-likeness (QED) is 0.867. The number of aliphatic hydroxyl groups excluding tert-OH is 1. The van der Waals surface area contributed by atoms with Crippen molar-refractivity contribution < 1.29 is 5.11 Å². The molecule has 1 aromatic carbocycles. The summed E-state index contributed by atoms with van der Waals surface area (Å²) in [5.74, 6) is 0. The summed E-state index contributed by atoms with van der Waals surface area (Å²) in [5.41, 5.74) is 1.18. The number of benzene rings is 1. The second-order valence-corrected chi connectivity index (χ2v) is 5.05. The van der Waals surface area contributed by atoms with E-state index in [0.717, 1.165) is 6.54 Å². The van der Waals surface area contributed by atoms with Crippen LogP contribution in [0.15, 0.2) is 30.3 Å². The Morgan fingerprint density at radius 1 is 1.39 bits per heavy atom. The smallest absolute Gasteiger partial charge is 0.0723 e. The molecule has 1 N–H and O–H groups in total. The Morgan fingerprint density at radius 2 is 2.11 bits per heavy atom. The molecule has 100 valence electrons. The van der Waals surface area contributed by atoms with Gasteiger partial charge in [-0.15, -0.1) is 0 Å². The molecule has 1 fully saturated rings. The summed E-state index contributed by atoms with van der Waals surface area (Å²) >= 11 is 0.